The van der Waals surface area contributed by atoms with Crippen molar-refractivity contribution in [1.29, 1.82) is 0 Å². The van der Waals surface area contributed by atoms with Gasteiger partial charge in [0.25, 0.3) is 0 Å². The molecule has 0 N–H and O–H groups in total. The van der Waals surface area contributed by atoms with Gasteiger partial charge in [0.15, 0.2) is 0 Å². The Kier molecular flexibility index (Phi) is 76.5. The summed E-state index contributed by atoms with van der Waals surface area (Å²) in [7, 11) is 0. The summed E-state index contributed by atoms with van der Waals surface area (Å²) in [6.07, 6.45) is 112. The van der Waals surface area contributed by atoms with Gasteiger partial charge in [0, 0.05) is 22.3 Å². The minimum atomic E-state index is 1.04. The number of nitrogens with zero attached hydrogens (tertiary/aromatic N) is 2. The molecule has 0 aromatic heterocycles. The molecule has 1 aliphatic rings. The zero-order valence-electron chi connectivity index (χ0n) is 73.1. The Balaban J connectivity index is 0.000000730. The molecule has 0 fully saturated rings. The summed E-state index contributed by atoms with van der Waals surface area (Å²) in [6.45, 7) is 13.8. The number of hydrogen-bond acceptors (Lipinski definition) is 0. The van der Waals surface area contributed by atoms with Crippen molar-refractivity contribution in [3.05, 3.63) is 87.5 Å². The number of hydrogen-bond donors (Lipinski definition) is 0. The summed E-state index contributed by atoms with van der Waals surface area (Å²) in [5, 5.41) is 2.87. The molecule has 0 aliphatic carbocycles. The van der Waals surface area contributed by atoms with Crippen molar-refractivity contribution in [3.8, 4) is 0 Å². The van der Waals surface area contributed by atoms with Crippen molar-refractivity contribution < 1.29 is 19.1 Å². The topological polar surface area (TPSA) is 25.3 Å². The molecule has 2 aromatic carbocycles. The van der Waals surface area contributed by atoms with E-state index in [1.54, 1.807) is 4.70 Å². The van der Waals surface area contributed by atoms with Crippen LogP contribution < -0.4 is 0 Å². The van der Waals surface area contributed by atoms with E-state index in [1.165, 1.54) is 526 Å². The molecule has 3 heteroatoms. The van der Waals surface area contributed by atoms with Crippen molar-refractivity contribution in [1.82, 2.24) is 0 Å². The summed E-state index contributed by atoms with van der Waals surface area (Å²) >= 11 is 2.05. The Bertz CT molecular complexity index is 2150. The molecule has 0 saturated carbocycles. The summed E-state index contributed by atoms with van der Waals surface area (Å²) in [4.78, 5) is 0. The van der Waals surface area contributed by atoms with E-state index >= 15 is 0 Å². The van der Waals surface area contributed by atoms with Crippen molar-refractivity contribution in [3.63, 3.8) is 0 Å². The second-order valence-corrected chi connectivity index (χ2v) is 35.7. The Labute approximate surface area is 673 Å². The zero-order chi connectivity index (χ0) is 75.8. The summed E-state index contributed by atoms with van der Waals surface area (Å²) < 4.78 is 1.62. The second kappa shape index (κ2) is 81.0. The predicted molar refractivity (Wildman–Crippen MR) is 477 cm³/mol. The maximum atomic E-state index is 12.3. The van der Waals surface area contributed by atoms with E-state index in [-0.39, 0.29) is 0 Å². The normalized spacial score (nSPS) is 12.5. The van der Waals surface area contributed by atoms with Crippen molar-refractivity contribution in [2.24, 2.45) is 0 Å². The van der Waals surface area contributed by atoms with Gasteiger partial charge in [-0.15, -0.1) is 0 Å². The van der Waals surface area contributed by atoms with E-state index in [2.05, 4.69) is 105 Å². The zero-order valence-corrected chi connectivity index (χ0v) is 74.1. The third-order valence-electron chi connectivity index (χ3n) is 23.9. The van der Waals surface area contributed by atoms with E-state index in [0.29, 0.717) is 0 Å². The van der Waals surface area contributed by atoms with Crippen molar-refractivity contribution >= 4 is 11.4 Å². The van der Waals surface area contributed by atoms with Gasteiger partial charge in [-0.1, -0.05) is 380 Å². The molecule has 0 spiro atoms. The maximum absolute atomic E-state index is 12.3. The molecule has 620 valence electrons. The molecule has 3 rings (SSSR count). The van der Waals surface area contributed by atoms with Crippen LogP contribution in [0.3, 0.4) is 0 Å². The fourth-order valence-corrected chi connectivity index (χ4v) is 18.0. The van der Waals surface area contributed by atoms with Gasteiger partial charge < -0.3 is 5.53 Å². The third-order valence-corrected chi connectivity index (χ3v) is 25.3. The number of allylic oxidation sites excluding steroid dienone is 2. The standard InChI is InChI=1S/C55H90N2.2C24H49.Ni/c1-5-9-13-15-17-18-19-20-21-22-23-24-25-26-27-28-29-30-34-39-49-41-37-43-51(47-49)55-53(45-35-31-16-14-10-6-2)52(44-33-12-8-4)54(57(55)56)50-42-36-40-48(46-50)38-32-11-7-3;2*1-3-5-7-9-11-13-15-17-19-21-23-24-22-20-18-16-14-12-10-8-6-4-2;/h36-37,40-43,46-47H,5-35,38-39,44-45H2,1-4H3;2*1,3-24H2,2H3;. The molecule has 1 heterocycles. The smallest absolute Gasteiger partial charge is 0.493 e. The summed E-state index contributed by atoms with van der Waals surface area (Å²) in [5.41, 5.74) is 22.3. The fraction of sp³-hybridized carbons (Fsp3) is 0.845. The van der Waals surface area contributed by atoms with Gasteiger partial charge in [-0.3, -0.25) is 0 Å². The molecule has 0 saturated heterocycles. The van der Waals surface area contributed by atoms with Gasteiger partial charge in [-0.05, 0) is 86.8 Å². The van der Waals surface area contributed by atoms with E-state index < -0.39 is 0 Å². The van der Waals surface area contributed by atoms with Crippen LogP contribution in [0.4, 0.5) is 0 Å². The van der Waals surface area contributed by atoms with Gasteiger partial charge in [-0.2, -0.15) is 0 Å². The number of benzene rings is 2. The van der Waals surface area contributed by atoms with Crippen LogP contribution in [0.1, 0.15) is 558 Å². The van der Waals surface area contributed by atoms with Crippen LogP contribution in [0, 0.1) is 0 Å². The van der Waals surface area contributed by atoms with Gasteiger partial charge in [0.05, 0.1) is 0 Å². The molecule has 0 bridgehead atoms. The number of rotatable bonds is 83. The summed E-state index contributed by atoms with van der Waals surface area (Å²) in [6, 6.07) is 18.3. The van der Waals surface area contributed by atoms with Crippen molar-refractivity contribution in [2.75, 3.05) is 0 Å². The SMILES string of the molecule is CCCCCCCCCCCCCCCCCCCCCCC[CH2][Ni][CH2]CCCCCCCCCCCCCCCCCCCCCCC.CCCCCCCCCCCCCCCCCCCCCc1cccc(C2=C(CCCCCCCC)C(CCCCC)=C(c3cccc(CCCCC)c3)[N+]2=[N-])c1. The Morgan fingerprint density at radius 2 is 0.377 bits per heavy atom. The van der Waals surface area contributed by atoms with Gasteiger partial charge in [0.2, 0.25) is 11.4 Å². The van der Waals surface area contributed by atoms with Crippen LogP contribution in [-0.4, -0.2) is 4.70 Å². The van der Waals surface area contributed by atoms with Gasteiger partial charge in [-0.25, -0.2) is 4.70 Å². The van der Waals surface area contributed by atoms with Crippen LogP contribution in [0.2, 0.25) is 10.8 Å². The van der Waals surface area contributed by atoms with Crippen molar-refractivity contribution in [2.45, 2.75) is 560 Å². The van der Waals surface area contributed by atoms with Crippen LogP contribution in [0.5, 0.6) is 0 Å². The molecular formula is C103H188N2Ni. The first-order chi connectivity index (χ1) is 52.6. The number of aryl methyl sites for hydroxylation is 2. The van der Waals surface area contributed by atoms with E-state index in [9.17, 15) is 5.53 Å². The first-order valence-corrected chi connectivity index (χ1v) is 50.5. The van der Waals surface area contributed by atoms with Gasteiger partial charge >= 0.3 is 166 Å². The van der Waals surface area contributed by atoms with E-state index in [4.69, 9.17) is 0 Å². The van der Waals surface area contributed by atoms with Crippen LogP contribution in [0.25, 0.3) is 16.9 Å². The molecular weight excluding hydrogens is 1320 g/mol. The van der Waals surface area contributed by atoms with Crippen LogP contribution >= 0.6 is 0 Å². The molecule has 2 aromatic rings. The average Bonchev–Trinajstić information content (AvgIpc) is 1.61. The number of unbranched alkanes of at least 4 members (excludes halogenated alkanes) is 69. The average molecular weight is 1510 g/mol. The third kappa shape index (κ3) is 60.6. The quantitative estimate of drug-likeness (QED) is 0.0358. The molecule has 0 atom stereocenters. The molecule has 0 unspecified atom stereocenters. The minimum Gasteiger partial charge on any atom is -0.493 e. The van der Waals surface area contributed by atoms with E-state index in [0.717, 1.165) is 37.1 Å². The molecule has 0 radical (unpaired) electrons. The Morgan fingerprint density at radius 3 is 0.604 bits per heavy atom. The molecule has 106 heavy (non-hydrogen) atoms. The minimum absolute atomic E-state index is 1.04. The monoisotopic (exact) mass is 1510 g/mol. The van der Waals surface area contributed by atoms with Crippen LogP contribution in [-0.2, 0) is 27.3 Å². The second-order valence-electron chi connectivity index (χ2n) is 34.2. The summed E-state index contributed by atoms with van der Waals surface area (Å²) in [5.74, 6) is 0. The first kappa shape index (κ1) is 100. The first-order valence-electron chi connectivity index (χ1n) is 49.1. The van der Waals surface area contributed by atoms with Crippen LogP contribution in [0.15, 0.2) is 59.7 Å². The van der Waals surface area contributed by atoms with E-state index in [1.807, 2.05) is 0 Å². The predicted octanol–water partition coefficient (Wildman–Crippen LogP) is 38.0. The Hall–Kier alpha value is -1.99. The fourth-order valence-electron chi connectivity index (χ4n) is 16.8. The Morgan fingerprint density at radius 1 is 0.208 bits per heavy atom. The molecule has 2 nitrogen and oxygen atoms in total. The molecule has 0 amide bonds. The van der Waals surface area contributed by atoms with Gasteiger partial charge in [0.1, 0.15) is 0 Å². The molecule has 1 aliphatic heterocycles.